The fourth-order valence-electron chi connectivity index (χ4n) is 2.57. The van der Waals surface area contributed by atoms with E-state index in [2.05, 4.69) is 4.98 Å². The normalized spacial score (nSPS) is 10.7. The summed E-state index contributed by atoms with van der Waals surface area (Å²) in [5.74, 6) is -0.649. The van der Waals surface area contributed by atoms with Crippen molar-refractivity contribution in [3.05, 3.63) is 55.4 Å². The van der Waals surface area contributed by atoms with Crippen LogP contribution in [0.15, 0.2) is 23.0 Å². The van der Waals surface area contributed by atoms with Gasteiger partial charge in [-0.15, -0.1) is 0 Å². The van der Waals surface area contributed by atoms with E-state index in [0.29, 0.717) is 33.3 Å². The molecule has 0 saturated heterocycles. The molecule has 0 atom stereocenters. The number of nitrogens with one attached hydrogen (secondary N) is 1. The van der Waals surface area contributed by atoms with Crippen LogP contribution in [0.5, 0.6) is 0 Å². The third-order valence-electron chi connectivity index (χ3n) is 3.57. The highest BCUT2D eigenvalue weighted by molar-refractivity contribution is 6.42. The van der Waals surface area contributed by atoms with Gasteiger partial charge in [-0.1, -0.05) is 36.2 Å². The maximum absolute atomic E-state index is 12.4. The van der Waals surface area contributed by atoms with E-state index in [9.17, 15) is 9.59 Å². The minimum Gasteiger partial charge on any atom is -0.462 e. The molecule has 23 heavy (non-hydrogen) atoms. The average Bonchev–Trinajstić information content (AvgIpc) is 2.49. The zero-order valence-corrected chi connectivity index (χ0v) is 14.6. The van der Waals surface area contributed by atoms with Gasteiger partial charge in [0.2, 0.25) is 0 Å². The van der Waals surface area contributed by atoms with Gasteiger partial charge in [0.05, 0.1) is 16.7 Å². The van der Waals surface area contributed by atoms with Gasteiger partial charge in [0.1, 0.15) is 5.56 Å². The number of rotatable bonds is 4. The van der Waals surface area contributed by atoms with Gasteiger partial charge in [-0.3, -0.25) is 4.79 Å². The molecule has 122 valence electrons. The second-order valence-corrected chi connectivity index (χ2v) is 5.82. The van der Waals surface area contributed by atoms with Gasteiger partial charge in [-0.05, 0) is 43.5 Å². The highest BCUT2D eigenvalue weighted by Gasteiger charge is 2.23. The molecular formula is C17H17Cl2NO3. The fourth-order valence-corrected chi connectivity index (χ4v) is 2.87. The lowest BCUT2D eigenvalue weighted by Crippen LogP contribution is -2.23. The maximum atomic E-state index is 12.4. The Hall–Kier alpha value is -1.78. The van der Waals surface area contributed by atoms with E-state index < -0.39 is 11.5 Å². The number of pyridine rings is 1. The van der Waals surface area contributed by atoms with Crippen LogP contribution in [-0.4, -0.2) is 17.6 Å². The van der Waals surface area contributed by atoms with Crippen LogP contribution in [0.3, 0.4) is 0 Å². The van der Waals surface area contributed by atoms with E-state index >= 15 is 0 Å². The Morgan fingerprint density at radius 1 is 1.22 bits per heavy atom. The molecule has 0 bridgehead atoms. The Balaban J connectivity index is 2.84. The van der Waals surface area contributed by atoms with Crippen molar-refractivity contribution in [2.24, 2.45) is 0 Å². The van der Waals surface area contributed by atoms with Crippen LogP contribution in [0.2, 0.25) is 10.0 Å². The molecule has 4 nitrogen and oxygen atoms in total. The first-order chi connectivity index (χ1) is 10.9. The number of aromatic nitrogens is 1. The summed E-state index contributed by atoms with van der Waals surface area (Å²) >= 11 is 12.1. The predicted octanol–water partition coefficient (Wildman–Crippen LogP) is 4.40. The molecule has 0 aliphatic rings. The number of benzene rings is 1. The lowest BCUT2D eigenvalue weighted by Gasteiger charge is -2.16. The molecule has 2 rings (SSSR count). The van der Waals surface area contributed by atoms with E-state index in [1.807, 2.05) is 6.92 Å². The SMILES string of the molecule is CCOC(=O)c1c(-c2ccc(Cl)c(Cl)c2)c(CC)c(C)[nH]c1=O. The first-order valence-corrected chi connectivity index (χ1v) is 8.04. The number of carbonyl (C=O) groups is 1. The molecule has 1 heterocycles. The first-order valence-electron chi connectivity index (χ1n) is 7.28. The number of aryl methyl sites for hydroxylation is 1. The fraction of sp³-hybridized carbons (Fsp3) is 0.294. The lowest BCUT2D eigenvalue weighted by molar-refractivity contribution is 0.0525. The smallest absolute Gasteiger partial charge is 0.344 e. The number of esters is 1. The topological polar surface area (TPSA) is 59.2 Å². The summed E-state index contributed by atoms with van der Waals surface area (Å²) in [5.41, 5.74) is 2.31. The van der Waals surface area contributed by atoms with Crippen LogP contribution >= 0.6 is 23.2 Å². The maximum Gasteiger partial charge on any atom is 0.344 e. The molecule has 1 aromatic heterocycles. The largest absolute Gasteiger partial charge is 0.462 e. The number of hydrogen-bond acceptors (Lipinski definition) is 3. The van der Waals surface area contributed by atoms with Crippen LogP contribution in [-0.2, 0) is 11.2 Å². The number of ether oxygens (including phenoxy) is 1. The Bertz CT molecular complexity index is 812. The van der Waals surface area contributed by atoms with Crippen molar-refractivity contribution in [1.82, 2.24) is 4.98 Å². The van der Waals surface area contributed by atoms with Crippen molar-refractivity contribution in [2.45, 2.75) is 27.2 Å². The van der Waals surface area contributed by atoms with Crippen LogP contribution in [0, 0.1) is 6.92 Å². The highest BCUT2D eigenvalue weighted by atomic mass is 35.5. The molecule has 6 heteroatoms. The third kappa shape index (κ3) is 3.43. The van der Waals surface area contributed by atoms with Gasteiger partial charge < -0.3 is 9.72 Å². The van der Waals surface area contributed by atoms with E-state index in [-0.39, 0.29) is 12.2 Å². The molecule has 2 aromatic rings. The summed E-state index contributed by atoms with van der Waals surface area (Å²) in [5, 5.41) is 0.770. The van der Waals surface area contributed by atoms with E-state index in [4.69, 9.17) is 27.9 Å². The highest BCUT2D eigenvalue weighted by Crippen LogP contribution is 2.33. The monoisotopic (exact) mass is 353 g/mol. The van der Waals surface area contributed by atoms with Gasteiger partial charge in [0, 0.05) is 11.3 Å². The van der Waals surface area contributed by atoms with Gasteiger partial charge in [0.15, 0.2) is 0 Å². The minimum absolute atomic E-state index is 0.00677. The number of hydrogen-bond donors (Lipinski definition) is 1. The van der Waals surface area contributed by atoms with Crippen LogP contribution in [0.25, 0.3) is 11.1 Å². The van der Waals surface area contributed by atoms with Crippen molar-refractivity contribution in [3.8, 4) is 11.1 Å². The Morgan fingerprint density at radius 2 is 1.91 bits per heavy atom. The summed E-state index contributed by atoms with van der Waals surface area (Å²) < 4.78 is 5.05. The molecule has 1 aromatic carbocycles. The van der Waals surface area contributed by atoms with Crippen LogP contribution in [0.4, 0.5) is 0 Å². The molecule has 0 fully saturated rings. The molecule has 0 aliphatic carbocycles. The molecule has 0 amide bonds. The zero-order chi connectivity index (χ0) is 17.1. The molecule has 0 radical (unpaired) electrons. The Kier molecular flexibility index (Phi) is 5.50. The standard InChI is InChI=1S/C17H17Cl2NO3/c1-4-11-9(3)20-16(21)15(17(22)23-5-2)14(11)10-6-7-12(18)13(19)8-10/h6-8H,4-5H2,1-3H3,(H,20,21). The summed E-state index contributed by atoms with van der Waals surface area (Å²) in [6, 6.07) is 5.04. The van der Waals surface area contributed by atoms with E-state index in [1.165, 1.54) is 0 Å². The van der Waals surface area contributed by atoms with Crippen molar-refractivity contribution in [3.63, 3.8) is 0 Å². The third-order valence-corrected chi connectivity index (χ3v) is 4.31. The molecule has 1 N–H and O–H groups in total. The molecule has 0 aliphatic heterocycles. The Labute approximate surface area is 144 Å². The minimum atomic E-state index is -0.649. The lowest BCUT2D eigenvalue weighted by atomic mass is 9.93. The van der Waals surface area contributed by atoms with Crippen molar-refractivity contribution >= 4 is 29.2 Å². The molecule has 0 spiro atoms. The molecule has 0 saturated carbocycles. The second-order valence-electron chi connectivity index (χ2n) is 5.01. The number of halogens is 2. The summed E-state index contributed by atoms with van der Waals surface area (Å²) in [7, 11) is 0. The summed E-state index contributed by atoms with van der Waals surface area (Å²) in [4.78, 5) is 27.4. The second kappa shape index (κ2) is 7.20. The first kappa shape index (κ1) is 17.6. The van der Waals surface area contributed by atoms with Crippen molar-refractivity contribution in [1.29, 1.82) is 0 Å². The van der Waals surface area contributed by atoms with Gasteiger partial charge in [-0.25, -0.2) is 4.79 Å². The molecular weight excluding hydrogens is 337 g/mol. The van der Waals surface area contributed by atoms with Crippen molar-refractivity contribution < 1.29 is 9.53 Å². The van der Waals surface area contributed by atoms with E-state index in [0.717, 1.165) is 5.56 Å². The Morgan fingerprint density at radius 3 is 2.48 bits per heavy atom. The van der Waals surface area contributed by atoms with Gasteiger partial charge >= 0.3 is 5.97 Å². The number of carbonyl (C=O) groups excluding carboxylic acids is 1. The quantitative estimate of drug-likeness (QED) is 0.828. The van der Waals surface area contributed by atoms with Crippen molar-refractivity contribution in [2.75, 3.05) is 6.61 Å². The van der Waals surface area contributed by atoms with E-state index in [1.54, 1.807) is 32.0 Å². The van der Waals surface area contributed by atoms with Crippen LogP contribution < -0.4 is 5.56 Å². The average molecular weight is 354 g/mol. The van der Waals surface area contributed by atoms with Gasteiger partial charge in [0.25, 0.3) is 5.56 Å². The molecule has 0 unspecified atom stereocenters. The predicted molar refractivity (Wildman–Crippen MR) is 92.6 cm³/mol. The summed E-state index contributed by atoms with van der Waals surface area (Å²) in [6.07, 6.45) is 0.643. The van der Waals surface area contributed by atoms with Gasteiger partial charge in [-0.2, -0.15) is 0 Å². The zero-order valence-electron chi connectivity index (χ0n) is 13.1. The summed E-state index contributed by atoms with van der Waals surface area (Å²) in [6.45, 7) is 5.64. The number of aromatic amines is 1. The van der Waals surface area contributed by atoms with Crippen LogP contribution in [0.1, 0.15) is 35.5 Å². The number of H-pyrrole nitrogens is 1.